The van der Waals surface area contributed by atoms with Crippen molar-refractivity contribution in [2.24, 2.45) is 0 Å². The third kappa shape index (κ3) is 3.29. The van der Waals surface area contributed by atoms with Gasteiger partial charge in [-0.25, -0.2) is 12.8 Å². The van der Waals surface area contributed by atoms with Crippen LogP contribution in [0, 0.1) is 12.7 Å². The van der Waals surface area contributed by atoms with Crippen molar-refractivity contribution < 1.29 is 22.3 Å². The lowest BCUT2D eigenvalue weighted by atomic mass is 10.0. The molecule has 2 aromatic rings. The maximum absolute atomic E-state index is 13.7. The molecule has 0 unspecified atom stereocenters. The Balaban J connectivity index is 2.06. The summed E-state index contributed by atoms with van der Waals surface area (Å²) < 4.78 is 46.0. The van der Waals surface area contributed by atoms with Crippen molar-refractivity contribution in [3.05, 3.63) is 58.9 Å². The molecule has 0 spiro atoms. The Morgan fingerprint density at radius 3 is 2.48 bits per heavy atom. The molecule has 1 aliphatic rings. The summed E-state index contributed by atoms with van der Waals surface area (Å²) in [5, 5.41) is 0. The van der Waals surface area contributed by atoms with Crippen molar-refractivity contribution in [3.63, 3.8) is 0 Å². The number of rotatable bonds is 3. The molecule has 0 aromatic heterocycles. The van der Waals surface area contributed by atoms with Crippen molar-refractivity contribution >= 4 is 15.8 Å². The van der Waals surface area contributed by atoms with Gasteiger partial charge in [-0.05, 0) is 25.1 Å². The average Bonchev–Trinajstić information content (AvgIpc) is 2.74. The van der Waals surface area contributed by atoms with Gasteiger partial charge in [0.25, 0.3) is 0 Å². The van der Waals surface area contributed by atoms with Crippen LogP contribution in [-0.4, -0.2) is 32.2 Å². The predicted molar refractivity (Wildman–Crippen MR) is 90.7 cm³/mol. The molecule has 0 amide bonds. The molecule has 0 saturated heterocycles. The Morgan fingerprint density at radius 1 is 1.16 bits per heavy atom. The van der Waals surface area contributed by atoms with E-state index in [1.165, 1.54) is 11.4 Å². The van der Waals surface area contributed by atoms with E-state index < -0.39 is 15.8 Å². The molecule has 0 saturated carbocycles. The molecule has 0 bridgehead atoms. The minimum Gasteiger partial charge on any atom is -0.496 e. The van der Waals surface area contributed by atoms with Gasteiger partial charge < -0.3 is 4.74 Å². The molecule has 0 atom stereocenters. The maximum Gasteiger partial charge on any atom is 0.243 e. The first-order chi connectivity index (χ1) is 11.8. The maximum atomic E-state index is 13.7. The summed E-state index contributed by atoms with van der Waals surface area (Å²) in [4.78, 5) is 12.5. The number of halogens is 1. The van der Waals surface area contributed by atoms with E-state index in [9.17, 15) is 17.6 Å². The van der Waals surface area contributed by atoms with Gasteiger partial charge in [0.1, 0.15) is 11.6 Å². The summed E-state index contributed by atoms with van der Waals surface area (Å²) in [6.45, 7) is 1.87. The average molecular weight is 363 g/mol. The van der Waals surface area contributed by atoms with E-state index in [1.807, 2.05) is 6.92 Å². The molecule has 0 aliphatic carbocycles. The Hall–Kier alpha value is -2.25. The molecule has 25 heavy (non-hydrogen) atoms. The number of sulfonamides is 1. The Morgan fingerprint density at radius 2 is 1.84 bits per heavy atom. The minimum absolute atomic E-state index is 0.00923. The Labute approximate surface area is 146 Å². The molecule has 1 aliphatic heterocycles. The van der Waals surface area contributed by atoms with Crippen LogP contribution in [0.5, 0.6) is 5.75 Å². The molecule has 2 aromatic carbocycles. The molecule has 3 rings (SSSR count). The van der Waals surface area contributed by atoms with Gasteiger partial charge in [-0.1, -0.05) is 17.7 Å². The first-order valence-electron chi connectivity index (χ1n) is 7.79. The van der Waals surface area contributed by atoms with E-state index in [0.29, 0.717) is 5.56 Å². The fourth-order valence-corrected chi connectivity index (χ4v) is 4.30. The van der Waals surface area contributed by atoms with Crippen LogP contribution in [0.25, 0.3) is 0 Å². The summed E-state index contributed by atoms with van der Waals surface area (Å²) in [5.74, 6) is -0.706. The van der Waals surface area contributed by atoms with Crippen molar-refractivity contribution in [1.29, 1.82) is 0 Å². The monoisotopic (exact) mass is 363 g/mol. The number of ketones is 1. The van der Waals surface area contributed by atoms with Gasteiger partial charge in [0.2, 0.25) is 10.0 Å². The van der Waals surface area contributed by atoms with Crippen LogP contribution in [-0.2, 0) is 16.6 Å². The molecular weight excluding hydrogens is 345 g/mol. The second-order valence-corrected chi connectivity index (χ2v) is 7.90. The standard InChI is InChI=1S/C18H18FNO4S/c1-12-3-5-14(6-4-12)25(22,23)20-8-7-17(21)15-9-13(19)10-18(24-2)16(15)11-20/h3-6,9-10H,7-8,11H2,1-2H3. The number of carbonyl (C=O) groups excluding carboxylic acids is 1. The summed E-state index contributed by atoms with van der Waals surface area (Å²) in [7, 11) is -2.41. The van der Waals surface area contributed by atoms with E-state index in [0.717, 1.165) is 17.7 Å². The molecule has 132 valence electrons. The van der Waals surface area contributed by atoms with Crippen LogP contribution < -0.4 is 4.74 Å². The quantitative estimate of drug-likeness (QED) is 0.841. The van der Waals surface area contributed by atoms with Crippen LogP contribution in [0.2, 0.25) is 0 Å². The number of nitrogens with zero attached hydrogens (tertiary/aromatic N) is 1. The fourth-order valence-electron chi connectivity index (χ4n) is 2.89. The lowest BCUT2D eigenvalue weighted by molar-refractivity contribution is 0.0980. The van der Waals surface area contributed by atoms with Crippen LogP contribution in [0.15, 0.2) is 41.3 Å². The zero-order chi connectivity index (χ0) is 18.2. The largest absolute Gasteiger partial charge is 0.496 e. The number of aryl methyl sites for hydroxylation is 1. The van der Waals surface area contributed by atoms with E-state index in [2.05, 4.69) is 0 Å². The molecule has 5 nitrogen and oxygen atoms in total. The molecule has 0 radical (unpaired) electrons. The third-order valence-electron chi connectivity index (χ3n) is 4.28. The summed E-state index contributed by atoms with van der Waals surface area (Å²) in [6.07, 6.45) is -0.00923. The van der Waals surface area contributed by atoms with Crippen LogP contribution >= 0.6 is 0 Å². The van der Waals surface area contributed by atoms with Gasteiger partial charge in [-0.2, -0.15) is 4.31 Å². The second-order valence-electron chi connectivity index (χ2n) is 5.96. The van der Waals surface area contributed by atoms with E-state index >= 15 is 0 Å². The topological polar surface area (TPSA) is 63.7 Å². The Kier molecular flexibility index (Phi) is 4.62. The lowest BCUT2D eigenvalue weighted by Crippen LogP contribution is -2.31. The molecular formula is C18H18FNO4S. The van der Waals surface area contributed by atoms with Gasteiger partial charge in [0.15, 0.2) is 5.78 Å². The summed E-state index contributed by atoms with van der Waals surface area (Å²) >= 11 is 0. The Bertz CT molecular complexity index is 923. The number of hydrogen-bond donors (Lipinski definition) is 0. The SMILES string of the molecule is COc1cc(F)cc2c1CN(S(=O)(=O)c1ccc(C)cc1)CCC2=O. The van der Waals surface area contributed by atoms with Gasteiger partial charge in [-0.3, -0.25) is 4.79 Å². The number of hydrogen-bond acceptors (Lipinski definition) is 4. The molecule has 0 fully saturated rings. The smallest absolute Gasteiger partial charge is 0.243 e. The summed E-state index contributed by atoms with van der Waals surface area (Å²) in [5.41, 5.74) is 1.52. The zero-order valence-corrected chi connectivity index (χ0v) is 14.8. The van der Waals surface area contributed by atoms with Crippen LogP contribution in [0.4, 0.5) is 4.39 Å². The lowest BCUT2D eigenvalue weighted by Gasteiger charge is -2.21. The third-order valence-corrected chi connectivity index (χ3v) is 6.13. The molecule has 7 heteroatoms. The number of benzene rings is 2. The van der Waals surface area contributed by atoms with Crippen molar-refractivity contribution in [2.45, 2.75) is 24.8 Å². The number of ether oxygens (including phenoxy) is 1. The van der Waals surface area contributed by atoms with E-state index in [4.69, 9.17) is 4.74 Å². The second kappa shape index (κ2) is 6.57. The first kappa shape index (κ1) is 17.6. The molecule has 0 N–H and O–H groups in total. The van der Waals surface area contributed by atoms with E-state index in [-0.39, 0.29) is 41.5 Å². The number of carbonyl (C=O) groups is 1. The number of Topliss-reactive ketones (excluding diaryl/α,β-unsaturated/α-hetero) is 1. The summed E-state index contributed by atoms with van der Waals surface area (Å²) in [6, 6.07) is 8.83. The molecule has 1 heterocycles. The van der Waals surface area contributed by atoms with Crippen molar-refractivity contribution in [2.75, 3.05) is 13.7 Å². The van der Waals surface area contributed by atoms with Crippen LogP contribution in [0.1, 0.15) is 27.9 Å². The highest BCUT2D eigenvalue weighted by atomic mass is 32.2. The normalized spacial score (nSPS) is 15.6. The van der Waals surface area contributed by atoms with Gasteiger partial charge in [0.05, 0.1) is 12.0 Å². The first-order valence-corrected chi connectivity index (χ1v) is 9.23. The highest BCUT2D eigenvalue weighted by Crippen LogP contribution is 2.31. The van der Waals surface area contributed by atoms with Gasteiger partial charge in [-0.15, -0.1) is 0 Å². The minimum atomic E-state index is -3.77. The number of fused-ring (bicyclic) bond motifs is 1. The van der Waals surface area contributed by atoms with Crippen LogP contribution in [0.3, 0.4) is 0 Å². The zero-order valence-electron chi connectivity index (χ0n) is 14.0. The van der Waals surface area contributed by atoms with Gasteiger partial charge in [0, 0.05) is 36.7 Å². The highest BCUT2D eigenvalue weighted by Gasteiger charge is 2.31. The van der Waals surface area contributed by atoms with Crippen molar-refractivity contribution in [1.82, 2.24) is 4.31 Å². The predicted octanol–water partition coefficient (Wildman–Crippen LogP) is 2.92. The van der Waals surface area contributed by atoms with Crippen molar-refractivity contribution in [3.8, 4) is 5.75 Å². The fraction of sp³-hybridized carbons (Fsp3) is 0.278. The van der Waals surface area contributed by atoms with E-state index in [1.54, 1.807) is 24.3 Å². The number of methoxy groups -OCH3 is 1. The van der Waals surface area contributed by atoms with Gasteiger partial charge >= 0.3 is 0 Å². The highest BCUT2D eigenvalue weighted by molar-refractivity contribution is 7.89.